The maximum absolute atomic E-state index is 12.6. The van der Waals surface area contributed by atoms with E-state index in [9.17, 15) is 22.8 Å². The molecule has 0 radical (unpaired) electrons. The van der Waals surface area contributed by atoms with Gasteiger partial charge in [0.2, 0.25) is 5.88 Å². The molecule has 4 rings (SSSR count). The molecule has 1 heterocycles. The number of rotatable bonds is 9. The van der Waals surface area contributed by atoms with Crippen molar-refractivity contribution in [3.05, 3.63) is 89.1 Å². The van der Waals surface area contributed by atoms with E-state index in [0.717, 1.165) is 5.56 Å². The van der Waals surface area contributed by atoms with Gasteiger partial charge in [-0.25, -0.2) is 4.68 Å². The van der Waals surface area contributed by atoms with E-state index in [2.05, 4.69) is 15.2 Å². The van der Waals surface area contributed by atoms with E-state index >= 15 is 0 Å². The number of aromatic nitrogens is 2. The van der Waals surface area contributed by atoms with Crippen LogP contribution in [0.15, 0.2) is 72.9 Å². The molecule has 0 unspecified atom stereocenters. The smallest absolute Gasteiger partial charge is 0.460 e. The predicted molar refractivity (Wildman–Crippen MR) is 155 cm³/mol. The van der Waals surface area contributed by atoms with Crippen LogP contribution in [0.3, 0.4) is 0 Å². The van der Waals surface area contributed by atoms with Gasteiger partial charge in [-0.3, -0.25) is 9.59 Å². The SMILES string of the molecule is Cc1cc(Cl)cc(-n2cc(-c3ccc(OC(F)(F)F)cc3)c(Oc3ccc(C(=O)NCCC(=O)OC(C)(C)C)cc3)n2)c1. The summed E-state index contributed by atoms with van der Waals surface area (Å²) in [5.74, 6) is -0.635. The van der Waals surface area contributed by atoms with Crippen LogP contribution in [0.4, 0.5) is 13.2 Å². The Morgan fingerprint density at radius 2 is 1.60 bits per heavy atom. The molecule has 0 spiro atoms. The van der Waals surface area contributed by atoms with Gasteiger partial charge in [-0.2, -0.15) is 0 Å². The van der Waals surface area contributed by atoms with Gasteiger partial charge in [-0.1, -0.05) is 23.7 Å². The van der Waals surface area contributed by atoms with Crippen molar-refractivity contribution in [1.29, 1.82) is 0 Å². The van der Waals surface area contributed by atoms with Gasteiger partial charge in [0, 0.05) is 23.3 Å². The number of hydrogen-bond donors (Lipinski definition) is 1. The van der Waals surface area contributed by atoms with Gasteiger partial charge in [0.1, 0.15) is 17.1 Å². The predicted octanol–water partition coefficient (Wildman–Crippen LogP) is 7.65. The minimum atomic E-state index is -4.81. The summed E-state index contributed by atoms with van der Waals surface area (Å²) in [4.78, 5) is 24.4. The van der Waals surface area contributed by atoms with Crippen LogP contribution in [0, 0.1) is 6.92 Å². The van der Waals surface area contributed by atoms with Crippen molar-refractivity contribution in [2.24, 2.45) is 0 Å². The van der Waals surface area contributed by atoms with Gasteiger partial charge in [-0.05, 0) is 93.4 Å². The summed E-state index contributed by atoms with van der Waals surface area (Å²) >= 11 is 6.24. The number of ether oxygens (including phenoxy) is 3. The molecule has 0 aliphatic rings. The van der Waals surface area contributed by atoms with Crippen molar-refractivity contribution in [2.75, 3.05) is 6.54 Å². The molecule has 0 fully saturated rings. The van der Waals surface area contributed by atoms with Crippen LogP contribution in [0.5, 0.6) is 17.4 Å². The molecule has 0 atom stereocenters. The van der Waals surface area contributed by atoms with Crippen molar-refractivity contribution in [3.63, 3.8) is 0 Å². The lowest BCUT2D eigenvalue weighted by Gasteiger charge is -2.19. The summed E-state index contributed by atoms with van der Waals surface area (Å²) in [5.41, 5.74) is 2.30. The average molecular weight is 616 g/mol. The highest BCUT2D eigenvalue weighted by atomic mass is 35.5. The maximum atomic E-state index is 12.6. The molecule has 0 saturated carbocycles. The number of amides is 1. The quantitative estimate of drug-likeness (QED) is 0.194. The normalized spacial score (nSPS) is 11.6. The summed E-state index contributed by atoms with van der Waals surface area (Å²) in [6.07, 6.45) is -3.11. The molecule has 0 aliphatic carbocycles. The van der Waals surface area contributed by atoms with Crippen molar-refractivity contribution < 1.29 is 37.0 Å². The van der Waals surface area contributed by atoms with E-state index < -0.39 is 17.9 Å². The Morgan fingerprint density at radius 1 is 0.953 bits per heavy atom. The zero-order valence-corrected chi connectivity index (χ0v) is 24.5. The molecule has 1 aromatic heterocycles. The van der Waals surface area contributed by atoms with Crippen molar-refractivity contribution >= 4 is 23.5 Å². The summed E-state index contributed by atoms with van der Waals surface area (Å²) < 4.78 is 54.8. The van der Waals surface area contributed by atoms with Crippen LogP contribution in [0.2, 0.25) is 5.02 Å². The minimum absolute atomic E-state index is 0.0328. The molecular weight excluding hydrogens is 587 g/mol. The first-order valence-electron chi connectivity index (χ1n) is 13.2. The molecule has 3 aromatic carbocycles. The van der Waals surface area contributed by atoms with Crippen LogP contribution in [-0.2, 0) is 9.53 Å². The monoisotopic (exact) mass is 615 g/mol. The first-order valence-corrected chi connectivity index (χ1v) is 13.5. The highest BCUT2D eigenvalue weighted by Crippen LogP contribution is 2.35. The van der Waals surface area contributed by atoms with Crippen molar-refractivity contribution in [2.45, 2.75) is 46.1 Å². The molecule has 1 N–H and O–H groups in total. The van der Waals surface area contributed by atoms with Crippen molar-refractivity contribution in [1.82, 2.24) is 15.1 Å². The lowest BCUT2D eigenvalue weighted by atomic mass is 10.1. The first kappa shape index (κ1) is 31.4. The molecule has 0 bridgehead atoms. The number of aryl methyl sites for hydroxylation is 1. The number of nitrogens with one attached hydrogen (secondary N) is 1. The van der Waals surface area contributed by atoms with Crippen molar-refractivity contribution in [3.8, 4) is 34.2 Å². The largest absolute Gasteiger partial charge is 0.573 e. The van der Waals surface area contributed by atoms with Crippen LogP contribution in [-0.4, -0.2) is 40.2 Å². The Bertz CT molecular complexity index is 1570. The molecular formula is C31H29ClF3N3O5. The number of alkyl halides is 3. The second-order valence-corrected chi connectivity index (χ2v) is 11.0. The Labute approximate surface area is 251 Å². The molecule has 1 amide bonds. The molecule has 226 valence electrons. The van der Waals surface area contributed by atoms with Crippen LogP contribution in [0.1, 0.15) is 43.1 Å². The molecule has 0 aliphatic heterocycles. The minimum Gasteiger partial charge on any atom is -0.460 e. The van der Waals surface area contributed by atoms with E-state index in [1.165, 1.54) is 24.3 Å². The summed E-state index contributed by atoms with van der Waals surface area (Å²) in [5, 5.41) is 7.74. The Kier molecular flexibility index (Phi) is 9.34. The number of carbonyl (C=O) groups is 2. The van der Waals surface area contributed by atoms with Crippen LogP contribution >= 0.6 is 11.6 Å². The highest BCUT2D eigenvalue weighted by Gasteiger charge is 2.31. The lowest BCUT2D eigenvalue weighted by molar-refractivity contribution is -0.274. The van der Waals surface area contributed by atoms with E-state index in [4.69, 9.17) is 21.1 Å². The average Bonchev–Trinajstić information content (AvgIpc) is 3.31. The summed E-state index contributed by atoms with van der Waals surface area (Å²) in [6, 6.07) is 17.0. The number of esters is 1. The second-order valence-electron chi connectivity index (χ2n) is 10.6. The maximum Gasteiger partial charge on any atom is 0.573 e. The van der Waals surface area contributed by atoms with Gasteiger partial charge in [0.05, 0.1) is 17.7 Å². The van der Waals surface area contributed by atoms with Gasteiger partial charge >= 0.3 is 12.3 Å². The zero-order valence-electron chi connectivity index (χ0n) is 23.8. The van der Waals surface area contributed by atoms with Gasteiger partial charge in [0.25, 0.3) is 5.91 Å². The third-order valence-electron chi connectivity index (χ3n) is 5.74. The van der Waals surface area contributed by atoms with Crippen LogP contribution < -0.4 is 14.8 Å². The van der Waals surface area contributed by atoms with E-state index in [0.29, 0.717) is 33.1 Å². The Hall–Kier alpha value is -4.51. The highest BCUT2D eigenvalue weighted by molar-refractivity contribution is 6.30. The van der Waals surface area contributed by atoms with Gasteiger partial charge in [0.15, 0.2) is 0 Å². The molecule has 12 heteroatoms. The number of nitrogens with zero attached hydrogens (tertiary/aromatic N) is 2. The second kappa shape index (κ2) is 12.8. The number of carbonyl (C=O) groups excluding carboxylic acids is 2. The van der Waals surface area contributed by atoms with E-state index in [-0.39, 0.29) is 30.5 Å². The molecule has 43 heavy (non-hydrogen) atoms. The number of halogens is 4. The van der Waals surface area contributed by atoms with Gasteiger partial charge in [-0.15, -0.1) is 18.3 Å². The molecule has 8 nitrogen and oxygen atoms in total. The fraction of sp³-hybridized carbons (Fsp3) is 0.258. The number of benzene rings is 3. The molecule has 4 aromatic rings. The number of hydrogen-bond acceptors (Lipinski definition) is 6. The van der Waals surface area contributed by atoms with Crippen LogP contribution in [0.25, 0.3) is 16.8 Å². The Morgan fingerprint density at radius 3 is 2.21 bits per heavy atom. The van der Waals surface area contributed by atoms with E-state index in [1.807, 2.05) is 13.0 Å². The fourth-order valence-electron chi connectivity index (χ4n) is 4.01. The fourth-order valence-corrected chi connectivity index (χ4v) is 4.29. The molecule has 0 saturated heterocycles. The topological polar surface area (TPSA) is 91.7 Å². The lowest BCUT2D eigenvalue weighted by Crippen LogP contribution is -2.29. The Balaban J connectivity index is 1.53. The summed E-state index contributed by atoms with van der Waals surface area (Å²) in [7, 11) is 0. The third-order valence-corrected chi connectivity index (χ3v) is 5.95. The summed E-state index contributed by atoms with van der Waals surface area (Å²) in [6.45, 7) is 7.29. The zero-order chi connectivity index (χ0) is 31.4. The van der Waals surface area contributed by atoms with E-state index in [1.54, 1.807) is 68.0 Å². The standard InChI is InChI=1S/C31H29ClF3N3O5/c1-19-15-22(32)17-23(16-19)38-18-26(20-5-11-25(12-6-20)42-31(33,34)35)29(37-38)41-24-9-7-21(8-10-24)28(40)36-14-13-27(39)43-30(2,3)4/h5-12,15-18H,13-14H2,1-4H3,(H,36,40). The first-order chi connectivity index (χ1) is 20.1. The third kappa shape index (κ3) is 9.24. The van der Waals surface area contributed by atoms with Gasteiger partial charge < -0.3 is 19.5 Å².